The summed E-state index contributed by atoms with van der Waals surface area (Å²) in [7, 11) is 1.97. The standard InChI is InChI=1S/C23H34N6O2/c1-17-13-28(14-18(2)31-17)15-20-6-4-19(5-7-20)12-24-23(30)29-10-8-21(9-11-29)22-26-25-16-27(22)3/h4-7,16-18,21H,8-15H2,1-3H3,(H,24,30). The Hall–Kier alpha value is -2.45. The number of aryl methyl sites for hydroxylation is 1. The van der Waals surface area contributed by atoms with E-state index in [1.54, 1.807) is 6.33 Å². The largest absolute Gasteiger partial charge is 0.373 e. The van der Waals surface area contributed by atoms with Crippen molar-refractivity contribution < 1.29 is 9.53 Å². The fourth-order valence-corrected chi connectivity index (χ4v) is 4.73. The molecule has 2 amide bonds. The van der Waals surface area contributed by atoms with Gasteiger partial charge in [0.1, 0.15) is 12.2 Å². The molecule has 0 spiro atoms. The summed E-state index contributed by atoms with van der Waals surface area (Å²) in [5, 5.41) is 11.3. The first kappa shape index (κ1) is 21.8. The van der Waals surface area contributed by atoms with E-state index in [-0.39, 0.29) is 18.2 Å². The molecule has 168 valence electrons. The monoisotopic (exact) mass is 426 g/mol. The normalized spacial score (nSPS) is 23.1. The minimum absolute atomic E-state index is 0.0109. The minimum Gasteiger partial charge on any atom is -0.373 e. The average molecular weight is 427 g/mol. The summed E-state index contributed by atoms with van der Waals surface area (Å²) in [5.41, 5.74) is 2.41. The number of hydrogen-bond acceptors (Lipinski definition) is 5. The van der Waals surface area contributed by atoms with Gasteiger partial charge in [-0.3, -0.25) is 4.90 Å². The van der Waals surface area contributed by atoms with Crippen molar-refractivity contribution in [3.05, 3.63) is 47.5 Å². The van der Waals surface area contributed by atoms with E-state index in [0.717, 1.165) is 57.0 Å². The van der Waals surface area contributed by atoms with Gasteiger partial charge in [-0.25, -0.2) is 4.79 Å². The number of benzene rings is 1. The van der Waals surface area contributed by atoms with Crippen LogP contribution in [0.25, 0.3) is 0 Å². The number of urea groups is 1. The Morgan fingerprint density at radius 1 is 1.10 bits per heavy atom. The first-order valence-electron chi connectivity index (χ1n) is 11.3. The lowest BCUT2D eigenvalue weighted by atomic mass is 9.96. The van der Waals surface area contributed by atoms with Crippen molar-refractivity contribution in [1.29, 1.82) is 0 Å². The molecule has 4 rings (SSSR count). The van der Waals surface area contributed by atoms with Crippen LogP contribution in [0.5, 0.6) is 0 Å². The average Bonchev–Trinajstić information content (AvgIpc) is 3.18. The lowest BCUT2D eigenvalue weighted by molar-refractivity contribution is -0.0704. The number of nitrogens with zero attached hydrogens (tertiary/aromatic N) is 5. The number of piperidine rings is 1. The lowest BCUT2D eigenvalue weighted by Crippen LogP contribution is -2.44. The summed E-state index contributed by atoms with van der Waals surface area (Å²) >= 11 is 0. The molecule has 2 aromatic rings. The number of nitrogens with one attached hydrogen (secondary N) is 1. The summed E-state index contributed by atoms with van der Waals surface area (Å²) < 4.78 is 7.79. The highest BCUT2D eigenvalue weighted by Gasteiger charge is 2.26. The molecule has 8 heteroatoms. The summed E-state index contributed by atoms with van der Waals surface area (Å²) in [6, 6.07) is 8.57. The number of likely N-dealkylation sites (tertiary alicyclic amines) is 1. The van der Waals surface area contributed by atoms with Crippen LogP contribution in [-0.2, 0) is 24.9 Å². The maximum Gasteiger partial charge on any atom is 0.317 e. The topological polar surface area (TPSA) is 75.5 Å². The van der Waals surface area contributed by atoms with Crippen molar-refractivity contribution in [2.45, 2.75) is 57.9 Å². The van der Waals surface area contributed by atoms with Gasteiger partial charge in [-0.2, -0.15) is 0 Å². The van der Waals surface area contributed by atoms with Gasteiger partial charge in [0.2, 0.25) is 0 Å². The maximum atomic E-state index is 12.6. The van der Waals surface area contributed by atoms with E-state index >= 15 is 0 Å². The van der Waals surface area contributed by atoms with Crippen LogP contribution in [0.15, 0.2) is 30.6 Å². The predicted octanol–water partition coefficient (Wildman–Crippen LogP) is 2.51. The van der Waals surface area contributed by atoms with Crippen LogP contribution in [0.1, 0.15) is 49.6 Å². The zero-order chi connectivity index (χ0) is 21.8. The first-order valence-corrected chi connectivity index (χ1v) is 11.3. The van der Waals surface area contributed by atoms with Gasteiger partial charge in [0.25, 0.3) is 0 Å². The Morgan fingerprint density at radius 3 is 2.35 bits per heavy atom. The van der Waals surface area contributed by atoms with Crippen molar-refractivity contribution in [1.82, 2.24) is 29.9 Å². The Labute approximate surface area is 184 Å². The Balaban J connectivity index is 1.21. The highest BCUT2D eigenvalue weighted by molar-refractivity contribution is 5.74. The fourth-order valence-electron chi connectivity index (χ4n) is 4.73. The molecule has 1 aromatic carbocycles. The molecule has 0 bridgehead atoms. The molecule has 8 nitrogen and oxygen atoms in total. The van der Waals surface area contributed by atoms with E-state index in [9.17, 15) is 4.79 Å². The van der Waals surface area contributed by atoms with Crippen LogP contribution in [0, 0.1) is 0 Å². The van der Waals surface area contributed by atoms with E-state index in [1.807, 2.05) is 16.5 Å². The molecule has 0 aliphatic carbocycles. The van der Waals surface area contributed by atoms with Gasteiger partial charge >= 0.3 is 6.03 Å². The van der Waals surface area contributed by atoms with Gasteiger partial charge < -0.3 is 19.5 Å². The second kappa shape index (κ2) is 9.78. The second-order valence-corrected chi connectivity index (χ2v) is 8.99. The number of aromatic nitrogens is 3. The van der Waals surface area contributed by atoms with Crippen LogP contribution in [0.4, 0.5) is 4.79 Å². The molecule has 2 saturated heterocycles. The number of carbonyl (C=O) groups excluding carboxylic acids is 1. The van der Waals surface area contributed by atoms with Crippen molar-refractivity contribution in [3.63, 3.8) is 0 Å². The van der Waals surface area contributed by atoms with Gasteiger partial charge in [0.15, 0.2) is 0 Å². The van der Waals surface area contributed by atoms with Crippen LogP contribution in [-0.4, -0.2) is 69.0 Å². The zero-order valence-electron chi connectivity index (χ0n) is 18.8. The zero-order valence-corrected chi connectivity index (χ0v) is 18.8. The quantitative estimate of drug-likeness (QED) is 0.795. The van der Waals surface area contributed by atoms with E-state index in [0.29, 0.717) is 12.5 Å². The van der Waals surface area contributed by atoms with Crippen molar-refractivity contribution in [2.24, 2.45) is 7.05 Å². The molecular weight excluding hydrogens is 392 g/mol. The third-order valence-electron chi connectivity index (χ3n) is 6.26. The number of carbonyl (C=O) groups is 1. The molecule has 2 fully saturated rings. The molecule has 3 heterocycles. The van der Waals surface area contributed by atoms with Crippen molar-refractivity contribution >= 4 is 6.03 Å². The molecule has 1 aromatic heterocycles. The number of hydrogen-bond donors (Lipinski definition) is 1. The first-order chi connectivity index (χ1) is 15.0. The van der Waals surface area contributed by atoms with Gasteiger partial charge in [-0.1, -0.05) is 24.3 Å². The van der Waals surface area contributed by atoms with Crippen LogP contribution in [0.3, 0.4) is 0 Å². The number of ether oxygens (including phenoxy) is 1. The van der Waals surface area contributed by atoms with Crippen LogP contribution in [0.2, 0.25) is 0 Å². The molecule has 0 radical (unpaired) electrons. The molecule has 2 aliphatic rings. The Bertz CT molecular complexity index is 849. The van der Waals surface area contributed by atoms with E-state index in [1.165, 1.54) is 5.56 Å². The van der Waals surface area contributed by atoms with Gasteiger partial charge in [-0.15, -0.1) is 10.2 Å². The molecule has 2 atom stereocenters. The summed E-state index contributed by atoms with van der Waals surface area (Å²) in [6.07, 6.45) is 4.15. The number of amides is 2. The van der Waals surface area contributed by atoms with Gasteiger partial charge in [-0.05, 0) is 37.8 Å². The fraction of sp³-hybridized carbons (Fsp3) is 0.609. The second-order valence-electron chi connectivity index (χ2n) is 8.99. The van der Waals surface area contributed by atoms with Gasteiger partial charge in [0.05, 0.1) is 12.2 Å². The third-order valence-corrected chi connectivity index (χ3v) is 6.26. The molecule has 1 N–H and O–H groups in total. The maximum absolute atomic E-state index is 12.6. The smallest absolute Gasteiger partial charge is 0.317 e. The molecule has 0 saturated carbocycles. The van der Waals surface area contributed by atoms with Gasteiger partial charge in [0, 0.05) is 52.2 Å². The molecular formula is C23H34N6O2. The number of rotatable bonds is 5. The summed E-state index contributed by atoms with van der Waals surface area (Å²) in [5.74, 6) is 1.39. The van der Waals surface area contributed by atoms with Crippen molar-refractivity contribution in [3.8, 4) is 0 Å². The Morgan fingerprint density at radius 2 is 1.74 bits per heavy atom. The van der Waals surface area contributed by atoms with Crippen LogP contribution >= 0.6 is 0 Å². The predicted molar refractivity (Wildman–Crippen MR) is 119 cm³/mol. The number of morpholine rings is 1. The third kappa shape index (κ3) is 5.62. The highest BCUT2D eigenvalue weighted by atomic mass is 16.5. The summed E-state index contributed by atoms with van der Waals surface area (Å²) in [4.78, 5) is 16.9. The summed E-state index contributed by atoms with van der Waals surface area (Å²) in [6.45, 7) is 9.18. The van der Waals surface area contributed by atoms with E-state index in [4.69, 9.17) is 4.74 Å². The Kier molecular flexibility index (Phi) is 6.87. The SMILES string of the molecule is CC1CN(Cc2ccc(CNC(=O)N3CCC(c4nncn4C)CC3)cc2)CC(C)O1. The van der Waals surface area contributed by atoms with Crippen LogP contribution < -0.4 is 5.32 Å². The van der Waals surface area contributed by atoms with E-state index in [2.05, 4.69) is 58.5 Å². The molecule has 2 unspecified atom stereocenters. The lowest BCUT2D eigenvalue weighted by Gasteiger charge is -2.35. The van der Waals surface area contributed by atoms with E-state index < -0.39 is 0 Å². The van der Waals surface area contributed by atoms with Crippen molar-refractivity contribution in [2.75, 3.05) is 26.2 Å². The molecule has 2 aliphatic heterocycles. The minimum atomic E-state index is 0.0109. The molecule has 31 heavy (non-hydrogen) atoms. The highest BCUT2D eigenvalue weighted by Crippen LogP contribution is 2.26.